The molecule has 0 aliphatic rings. The maximum atomic E-state index is 12.5. The molecule has 0 unspecified atom stereocenters. The number of carbonyl (C=O) groups is 1. The standard InChI is InChI=1S/C22H24N2O3/c1-5-16-6-9-19(10-7-16)24-22(25)18(14-23)12-17-8-11-20(26-4)13-21(17)27-15(2)3/h6-13,15H,5H2,1-4H3,(H,24,25)/b18-12+. The molecule has 0 radical (unpaired) electrons. The summed E-state index contributed by atoms with van der Waals surface area (Å²) >= 11 is 0. The van der Waals surface area contributed by atoms with Crippen LogP contribution in [0.5, 0.6) is 11.5 Å². The Morgan fingerprint density at radius 2 is 1.93 bits per heavy atom. The van der Waals surface area contributed by atoms with Crippen molar-refractivity contribution in [3.05, 3.63) is 59.2 Å². The predicted octanol–water partition coefficient (Wildman–Crippen LogP) is 4.59. The van der Waals surface area contributed by atoms with Gasteiger partial charge in [-0.15, -0.1) is 0 Å². The molecule has 5 nitrogen and oxygen atoms in total. The van der Waals surface area contributed by atoms with Crippen LogP contribution in [0, 0.1) is 11.3 Å². The lowest BCUT2D eigenvalue weighted by atomic mass is 10.1. The van der Waals surface area contributed by atoms with Gasteiger partial charge in [0.2, 0.25) is 0 Å². The van der Waals surface area contributed by atoms with Gasteiger partial charge < -0.3 is 14.8 Å². The zero-order valence-electron chi connectivity index (χ0n) is 16.1. The van der Waals surface area contributed by atoms with Crippen molar-refractivity contribution in [2.75, 3.05) is 12.4 Å². The molecule has 2 aromatic rings. The number of aryl methyl sites for hydroxylation is 1. The van der Waals surface area contributed by atoms with Crippen LogP contribution < -0.4 is 14.8 Å². The van der Waals surface area contributed by atoms with Crippen LogP contribution in [0.4, 0.5) is 5.69 Å². The van der Waals surface area contributed by atoms with Crippen molar-refractivity contribution in [2.24, 2.45) is 0 Å². The molecule has 0 aliphatic carbocycles. The van der Waals surface area contributed by atoms with Crippen LogP contribution in [0.25, 0.3) is 6.08 Å². The minimum atomic E-state index is -0.465. The molecular weight excluding hydrogens is 340 g/mol. The largest absolute Gasteiger partial charge is 0.497 e. The first-order valence-corrected chi connectivity index (χ1v) is 8.83. The molecule has 0 bridgehead atoms. The first-order valence-electron chi connectivity index (χ1n) is 8.83. The Bertz CT molecular complexity index is 862. The predicted molar refractivity (Wildman–Crippen MR) is 107 cm³/mol. The van der Waals surface area contributed by atoms with E-state index in [1.165, 1.54) is 11.6 Å². The summed E-state index contributed by atoms with van der Waals surface area (Å²) < 4.78 is 11.0. The lowest BCUT2D eigenvalue weighted by Crippen LogP contribution is -2.13. The van der Waals surface area contributed by atoms with Crippen LogP contribution in [0.1, 0.15) is 31.9 Å². The van der Waals surface area contributed by atoms with E-state index in [4.69, 9.17) is 9.47 Å². The van der Waals surface area contributed by atoms with Crippen LogP contribution in [0.2, 0.25) is 0 Å². The fourth-order valence-corrected chi connectivity index (χ4v) is 2.44. The van der Waals surface area contributed by atoms with E-state index in [0.717, 1.165) is 6.42 Å². The molecule has 5 heteroatoms. The van der Waals surface area contributed by atoms with Gasteiger partial charge in [0, 0.05) is 17.3 Å². The second-order valence-electron chi connectivity index (χ2n) is 6.24. The fourth-order valence-electron chi connectivity index (χ4n) is 2.44. The Kier molecular flexibility index (Phi) is 7.01. The molecule has 0 heterocycles. The first kappa shape index (κ1) is 20.1. The number of nitrogens with zero attached hydrogens (tertiary/aromatic N) is 1. The zero-order valence-corrected chi connectivity index (χ0v) is 16.1. The van der Waals surface area contributed by atoms with Crippen molar-refractivity contribution >= 4 is 17.7 Å². The molecular formula is C22H24N2O3. The first-order chi connectivity index (χ1) is 13.0. The fraction of sp³-hybridized carbons (Fsp3) is 0.273. The molecule has 0 aliphatic heterocycles. The van der Waals surface area contributed by atoms with E-state index in [9.17, 15) is 10.1 Å². The summed E-state index contributed by atoms with van der Waals surface area (Å²) in [6, 6.07) is 14.8. The Hall–Kier alpha value is -3.26. The summed E-state index contributed by atoms with van der Waals surface area (Å²) in [4.78, 5) is 12.5. The number of ether oxygens (including phenoxy) is 2. The van der Waals surface area contributed by atoms with E-state index in [-0.39, 0.29) is 11.7 Å². The van der Waals surface area contributed by atoms with Crippen molar-refractivity contribution in [3.63, 3.8) is 0 Å². The molecule has 2 aromatic carbocycles. The van der Waals surface area contributed by atoms with E-state index in [2.05, 4.69) is 12.2 Å². The molecule has 140 valence electrons. The number of hydrogen-bond acceptors (Lipinski definition) is 4. The van der Waals surface area contributed by atoms with Gasteiger partial charge in [-0.3, -0.25) is 4.79 Å². The summed E-state index contributed by atoms with van der Waals surface area (Å²) in [6.07, 6.45) is 2.39. The number of hydrogen-bond donors (Lipinski definition) is 1. The third kappa shape index (κ3) is 5.61. The van der Waals surface area contributed by atoms with Gasteiger partial charge in [0.1, 0.15) is 23.1 Å². The van der Waals surface area contributed by atoms with Crippen LogP contribution in [0.3, 0.4) is 0 Å². The highest BCUT2D eigenvalue weighted by molar-refractivity contribution is 6.09. The van der Waals surface area contributed by atoms with E-state index in [0.29, 0.717) is 22.7 Å². The van der Waals surface area contributed by atoms with Gasteiger partial charge in [-0.1, -0.05) is 19.1 Å². The number of benzene rings is 2. The number of nitrogens with one attached hydrogen (secondary N) is 1. The molecule has 1 N–H and O–H groups in total. The zero-order chi connectivity index (χ0) is 19.8. The summed E-state index contributed by atoms with van der Waals surface area (Å²) in [6.45, 7) is 5.88. The van der Waals surface area contributed by atoms with Gasteiger partial charge in [0.05, 0.1) is 13.2 Å². The van der Waals surface area contributed by atoms with E-state index in [1.807, 2.05) is 44.2 Å². The Labute approximate surface area is 160 Å². The average Bonchev–Trinajstić information content (AvgIpc) is 2.66. The number of carbonyl (C=O) groups excluding carboxylic acids is 1. The molecule has 0 spiro atoms. The lowest BCUT2D eigenvalue weighted by molar-refractivity contribution is -0.112. The molecule has 0 atom stereocenters. The summed E-state index contributed by atoms with van der Waals surface area (Å²) in [7, 11) is 1.57. The molecule has 0 saturated heterocycles. The second kappa shape index (κ2) is 9.44. The highest BCUT2D eigenvalue weighted by Gasteiger charge is 2.13. The highest BCUT2D eigenvalue weighted by Crippen LogP contribution is 2.28. The van der Waals surface area contributed by atoms with Crippen LogP contribution in [0.15, 0.2) is 48.0 Å². The number of nitriles is 1. The number of anilines is 1. The van der Waals surface area contributed by atoms with Gasteiger partial charge in [0.15, 0.2) is 0 Å². The topological polar surface area (TPSA) is 71.4 Å². The quantitative estimate of drug-likeness (QED) is 0.576. The number of amides is 1. The summed E-state index contributed by atoms with van der Waals surface area (Å²) in [5, 5.41) is 12.2. The third-order valence-electron chi connectivity index (χ3n) is 3.87. The smallest absolute Gasteiger partial charge is 0.266 e. The maximum Gasteiger partial charge on any atom is 0.266 e. The minimum absolute atomic E-state index is 0.00617. The van der Waals surface area contributed by atoms with E-state index in [1.54, 1.807) is 25.3 Å². The molecule has 0 fully saturated rings. The van der Waals surface area contributed by atoms with Crippen molar-refractivity contribution in [3.8, 4) is 17.6 Å². The van der Waals surface area contributed by atoms with Gasteiger partial charge in [-0.05, 0) is 56.2 Å². The molecule has 27 heavy (non-hydrogen) atoms. The maximum absolute atomic E-state index is 12.5. The van der Waals surface area contributed by atoms with Gasteiger partial charge in [-0.25, -0.2) is 0 Å². The lowest BCUT2D eigenvalue weighted by Gasteiger charge is -2.14. The van der Waals surface area contributed by atoms with E-state index >= 15 is 0 Å². The summed E-state index contributed by atoms with van der Waals surface area (Å²) in [5.74, 6) is 0.729. The van der Waals surface area contributed by atoms with Crippen molar-refractivity contribution in [1.29, 1.82) is 5.26 Å². The Morgan fingerprint density at radius 1 is 1.22 bits per heavy atom. The van der Waals surface area contributed by atoms with Crippen LogP contribution in [-0.4, -0.2) is 19.1 Å². The Morgan fingerprint density at radius 3 is 2.48 bits per heavy atom. The average molecular weight is 364 g/mol. The molecule has 0 aromatic heterocycles. The van der Waals surface area contributed by atoms with Gasteiger partial charge >= 0.3 is 0 Å². The Balaban J connectivity index is 2.28. The number of rotatable bonds is 7. The molecule has 2 rings (SSSR count). The third-order valence-corrected chi connectivity index (χ3v) is 3.87. The SMILES string of the molecule is CCc1ccc(NC(=O)/C(C#N)=C/c2ccc(OC)cc2OC(C)C)cc1. The molecule has 0 saturated carbocycles. The van der Waals surface area contributed by atoms with E-state index < -0.39 is 5.91 Å². The highest BCUT2D eigenvalue weighted by atomic mass is 16.5. The van der Waals surface area contributed by atoms with Crippen molar-refractivity contribution in [2.45, 2.75) is 33.3 Å². The minimum Gasteiger partial charge on any atom is -0.497 e. The van der Waals surface area contributed by atoms with Crippen LogP contribution >= 0.6 is 0 Å². The second-order valence-corrected chi connectivity index (χ2v) is 6.24. The summed E-state index contributed by atoms with van der Waals surface area (Å²) in [5.41, 5.74) is 2.45. The number of methoxy groups -OCH3 is 1. The monoisotopic (exact) mass is 364 g/mol. The van der Waals surface area contributed by atoms with Crippen molar-refractivity contribution in [1.82, 2.24) is 0 Å². The van der Waals surface area contributed by atoms with Crippen molar-refractivity contribution < 1.29 is 14.3 Å². The van der Waals surface area contributed by atoms with Gasteiger partial charge in [-0.2, -0.15) is 5.26 Å². The normalized spacial score (nSPS) is 11.0. The van der Waals surface area contributed by atoms with Crippen LogP contribution in [-0.2, 0) is 11.2 Å². The molecule has 1 amide bonds. The van der Waals surface area contributed by atoms with Gasteiger partial charge in [0.25, 0.3) is 5.91 Å².